The predicted octanol–water partition coefficient (Wildman–Crippen LogP) is 2.28. The average molecular weight is 400 g/mol. The molecule has 1 saturated heterocycles. The fourth-order valence-corrected chi connectivity index (χ4v) is 4.92. The van der Waals surface area contributed by atoms with E-state index in [9.17, 15) is 23.8 Å². The molecule has 0 aliphatic carbocycles. The Labute approximate surface area is 163 Å². The highest BCUT2D eigenvalue weighted by Gasteiger charge is 2.31. The lowest BCUT2D eigenvalue weighted by Crippen LogP contribution is -2.48. The standard InChI is InChI=1S/C19H20N4O4S/c1-15-6-7-18(23(24)25)12-19(15)28(26,27)22-10-8-21(9-11-22)14-17-5-3-2-4-16(17)13-20/h2-7,12H,8-11,14H2,1H3. The number of sulfonamides is 1. The lowest BCUT2D eigenvalue weighted by molar-refractivity contribution is -0.385. The van der Waals surface area contributed by atoms with Crippen LogP contribution in [0.4, 0.5) is 5.69 Å². The van der Waals surface area contributed by atoms with Gasteiger partial charge in [0, 0.05) is 44.9 Å². The number of hydrogen-bond acceptors (Lipinski definition) is 6. The highest BCUT2D eigenvalue weighted by Crippen LogP contribution is 2.26. The first-order chi connectivity index (χ1) is 13.3. The van der Waals surface area contributed by atoms with Gasteiger partial charge in [0.05, 0.1) is 21.5 Å². The van der Waals surface area contributed by atoms with Crippen LogP contribution in [0.25, 0.3) is 0 Å². The monoisotopic (exact) mass is 400 g/mol. The van der Waals surface area contributed by atoms with Crippen molar-refractivity contribution in [3.63, 3.8) is 0 Å². The summed E-state index contributed by atoms with van der Waals surface area (Å²) >= 11 is 0. The molecule has 1 heterocycles. The molecule has 0 saturated carbocycles. The minimum absolute atomic E-state index is 0.0232. The molecule has 146 valence electrons. The van der Waals surface area contributed by atoms with E-state index in [0.717, 1.165) is 11.6 Å². The van der Waals surface area contributed by atoms with Gasteiger partial charge >= 0.3 is 0 Å². The third-order valence-corrected chi connectivity index (χ3v) is 6.90. The molecule has 1 aliphatic heterocycles. The Kier molecular flexibility index (Phi) is 5.74. The minimum Gasteiger partial charge on any atom is -0.296 e. The maximum atomic E-state index is 13.0. The molecule has 1 aliphatic rings. The van der Waals surface area contributed by atoms with Crippen molar-refractivity contribution in [2.75, 3.05) is 26.2 Å². The van der Waals surface area contributed by atoms with Crippen LogP contribution in [0.15, 0.2) is 47.4 Å². The molecule has 28 heavy (non-hydrogen) atoms. The van der Waals surface area contributed by atoms with Crippen LogP contribution >= 0.6 is 0 Å². The van der Waals surface area contributed by atoms with Gasteiger partial charge in [0.2, 0.25) is 10.0 Å². The summed E-state index contributed by atoms with van der Waals surface area (Å²) in [6.45, 7) is 3.83. The molecule has 0 radical (unpaired) electrons. The number of benzene rings is 2. The fraction of sp³-hybridized carbons (Fsp3) is 0.316. The van der Waals surface area contributed by atoms with E-state index in [-0.39, 0.29) is 10.6 Å². The molecular weight excluding hydrogens is 380 g/mol. The van der Waals surface area contributed by atoms with E-state index in [1.54, 1.807) is 13.0 Å². The van der Waals surface area contributed by atoms with Crippen molar-refractivity contribution in [3.8, 4) is 6.07 Å². The fourth-order valence-electron chi connectivity index (χ4n) is 3.26. The molecule has 0 bridgehead atoms. The van der Waals surface area contributed by atoms with Gasteiger partial charge in [-0.1, -0.05) is 24.3 Å². The summed E-state index contributed by atoms with van der Waals surface area (Å²) in [5.74, 6) is 0. The van der Waals surface area contributed by atoms with E-state index in [2.05, 4.69) is 11.0 Å². The topological polar surface area (TPSA) is 108 Å². The lowest BCUT2D eigenvalue weighted by atomic mass is 10.1. The Bertz CT molecular complexity index is 1040. The number of hydrogen-bond donors (Lipinski definition) is 0. The first kappa shape index (κ1) is 19.9. The van der Waals surface area contributed by atoms with Crippen molar-refractivity contribution in [2.24, 2.45) is 0 Å². The number of non-ortho nitro benzene ring substituents is 1. The highest BCUT2D eigenvalue weighted by atomic mass is 32.2. The molecule has 8 nitrogen and oxygen atoms in total. The van der Waals surface area contributed by atoms with Gasteiger partial charge in [-0.2, -0.15) is 9.57 Å². The first-order valence-corrected chi connectivity index (χ1v) is 10.2. The zero-order valence-corrected chi connectivity index (χ0v) is 16.2. The maximum absolute atomic E-state index is 13.0. The Morgan fingerprint density at radius 1 is 1.14 bits per heavy atom. The van der Waals surface area contributed by atoms with E-state index in [1.807, 2.05) is 18.2 Å². The molecule has 3 rings (SSSR count). The molecule has 0 atom stereocenters. The number of rotatable bonds is 5. The van der Waals surface area contributed by atoms with Crippen LogP contribution in [-0.4, -0.2) is 48.7 Å². The SMILES string of the molecule is Cc1ccc([N+](=O)[O-])cc1S(=O)(=O)N1CCN(Cc2ccccc2C#N)CC1. The van der Waals surface area contributed by atoms with Crippen LogP contribution < -0.4 is 0 Å². The smallest absolute Gasteiger partial charge is 0.270 e. The number of nitro groups is 1. The van der Waals surface area contributed by atoms with Gasteiger partial charge in [0.25, 0.3) is 5.69 Å². The summed E-state index contributed by atoms with van der Waals surface area (Å²) in [5.41, 5.74) is 1.77. The van der Waals surface area contributed by atoms with E-state index in [0.29, 0.717) is 43.9 Å². The highest BCUT2D eigenvalue weighted by molar-refractivity contribution is 7.89. The molecule has 0 unspecified atom stereocenters. The van der Waals surface area contributed by atoms with Crippen molar-refractivity contribution in [3.05, 3.63) is 69.3 Å². The molecule has 9 heteroatoms. The van der Waals surface area contributed by atoms with E-state index >= 15 is 0 Å². The van der Waals surface area contributed by atoms with E-state index in [4.69, 9.17) is 0 Å². The predicted molar refractivity (Wildman–Crippen MR) is 103 cm³/mol. The van der Waals surface area contributed by atoms with Gasteiger partial charge in [0.1, 0.15) is 0 Å². The summed E-state index contributed by atoms with van der Waals surface area (Å²) in [6.07, 6.45) is 0. The van der Waals surface area contributed by atoms with E-state index < -0.39 is 14.9 Å². The van der Waals surface area contributed by atoms with Crippen molar-refractivity contribution >= 4 is 15.7 Å². The number of piperazine rings is 1. The van der Waals surface area contributed by atoms with Crippen LogP contribution in [0.3, 0.4) is 0 Å². The molecule has 0 amide bonds. The quantitative estimate of drug-likeness (QED) is 0.563. The molecular formula is C19H20N4O4S. The van der Waals surface area contributed by atoms with Crippen LogP contribution in [0.1, 0.15) is 16.7 Å². The van der Waals surface area contributed by atoms with Gasteiger partial charge in [-0.3, -0.25) is 15.0 Å². The summed E-state index contributed by atoms with van der Waals surface area (Å²) in [7, 11) is -3.81. The Hall–Kier alpha value is -2.80. The van der Waals surface area contributed by atoms with Crippen molar-refractivity contribution in [1.29, 1.82) is 5.26 Å². The molecule has 2 aromatic rings. The van der Waals surface area contributed by atoms with Crippen LogP contribution in [-0.2, 0) is 16.6 Å². The van der Waals surface area contributed by atoms with Crippen LogP contribution in [0, 0.1) is 28.4 Å². The number of nitrogens with zero attached hydrogens (tertiary/aromatic N) is 4. The number of aryl methyl sites for hydroxylation is 1. The first-order valence-electron chi connectivity index (χ1n) is 8.78. The summed E-state index contributed by atoms with van der Waals surface area (Å²) in [5, 5.41) is 20.2. The van der Waals surface area contributed by atoms with Gasteiger partial charge in [-0.25, -0.2) is 8.42 Å². The van der Waals surface area contributed by atoms with Crippen molar-refractivity contribution in [2.45, 2.75) is 18.4 Å². The second kappa shape index (κ2) is 8.06. The Balaban J connectivity index is 1.73. The normalized spacial score (nSPS) is 15.9. The van der Waals surface area contributed by atoms with Gasteiger partial charge < -0.3 is 0 Å². The third-order valence-electron chi connectivity index (χ3n) is 4.86. The van der Waals surface area contributed by atoms with Gasteiger partial charge in [-0.15, -0.1) is 0 Å². The van der Waals surface area contributed by atoms with Crippen LogP contribution in [0.2, 0.25) is 0 Å². The zero-order valence-electron chi connectivity index (χ0n) is 15.4. The zero-order chi connectivity index (χ0) is 20.3. The number of nitriles is 1. The largest absolute Gasteiger partial charge is 0.296 e. The number of nitro benzene ring substituents is 1. The molecule has 0 N–H and O–H groups in total. The third kappa shape index (κ3) is 4.04. The Morgan fingerprint density at radius 2 is 1.82 bits per heavy atom. The second-order valence-corrected chi connectivity index (χ2v) is 8.56. The second-order valence-electron chi connectivity index (χ2n) is 6.66. The van der Waals surface area contributed by atoms with Crippen molar-refractivity contribution < 1.29 is 13.3 Å². The van der Waals surface area contributed by atoms with Gasteiger partial charge in [-0.05, 0) is 24.1 Å². The van der Waals surface area contributed by atoms with Gasteiger partial charge in [0.15, 0.2) is 0 Å². The lowest BCUT2D eigenvalue weighted by Gasteiger charge is -2.34. The summed E-state index contributed by atoms with van der Waals surface area (Å²) in [4.78, 5) is 12.5. The summed E-state index contributed by atoms with van der Waals surface area (Å²) < 4.78 is 27.3. The van der Waals surface area contributed by atoms with E-state index in [1.165, 1.54) is 16.4 Å². The average Bonchev–Trinajstić information content (AvgIpc) is 2.69. The molecule has 0 spiro atoms. The van der Waals surface area contributed by atoms with Crippen LogP contribution in [0.5, 0.6) is 0 Å². The maximum Gasteiger partial charge on any atom is 0.270 e. The molecule has 0 aromatic heterocycles. The minimum atomic E-state index is -3.81. The van der Waals surface area contributed by atoms with Crippen molar-refractivity contribution in [1.82, 2.24) is 9.21 Å². The molecule has 2 aromatic carbocycles. The Morgan fingerprint density at radius 3 is 2.46 bits per heavy atom. The molecule has 1 fully saturated rings. The summed E-state index contributed by atoms with van der Waals surface area (Å²) in [6, 6.07) is 13.4.